The highest BCUT2D eigenvalue weighted by Crippen LogP contribution is 2.29. The van der Waals surface area contributed by atoms with Gasteiger partial charge in [0, 0.05) is 15.7 Å². The average Bonchev–Trinajstić information content (AvgIpc) is 3.17. The van der Waals surface area contributed by atoms with Crippen molar-refractivity contribution in [3.05, 3.63) is 71.2 Å². The fourth-order valence-corrected chi connectivity index (χ4v) is 3.47. The van der Waals surface area contributed by atoms with Gasteiger partial charge >= 0.3 is 0 Å². The smallest absolute Gasteiger partial charge is 0.277 e. The average molecular weight is 440 g/mol. The van der Waals surface area contributed by atoms with Gasteiger partial charge < -0.3 is 9.73 Å². The second kappa shape index (κ2) is 7.94. The lowest BCUT2D eigenvalue weighted by atomic mass is 10.0. The molecular formula is C20H14BrN3O2S. The number of hydrogen-bond donors (Lipinski definition) is 1. The number of anilines is 1. The van der Waals surface area contributed by atoms with Gasteiger partial charge in [0.1, 0.15) is 0 Å². The Labute approximate surface area is 168 Å². The van der Waals surface area contributed by atoms with E-state index < -0.39 is 0 Å². The third-order valence-corrected chi connectivity index (χ3v) is 5.23. The van der Waals surface area contributed by atoms with Gasteiger partial charge in [-0.25, -0.2) is 0 Å². The summed E-state index contributed by atoms with van der Waals surface area (Å²) in [6, 6.07) is 21.4. The van der Waals surface area contributed by atoms with Crippen molar-refractivity contribution < 1.29 is 9.21 Å². The molecule has 1 aromatic heterocycles. The Bertz CT molecular complexity index is 1090. The summed E-state index contributed by atoms with van der Waals surface area (Å²) in [5.74, 6) is 0.502. The zero-order valence-corrected chi connectivity index (χ0v) is 16.5. The summed E-state index contributed by atoms with van der Waals surface area (Å²) in [5, 5.41) is 13.5. The number of nitrogens with zero attached hydrogens (tertiary/aromatic N) is 2. The Morgan fingerprint density at radius 2 is 1.78 bits per heavy atom. The second-order valence-electron chi connectivity index (χ2n) is 5.74. The molecule has 4 aromatic rings. The molecule has 0 unspecified atom stereocenters. The predicted octanol–water partition coefficient (Wildman–Crippen LogP) is 5.38. The van der Waals surface area contributed by atoms with E-state index in [1.54, 1.807) is 0 Å². The largest absolute Gasteiger partial charge is 0.411 e. The van der Waals surface area contributed by atoms with Crippen molar-refractivity contribution in [2.24, 2.45) is 0 Å². The van der Waals surface area contributed by atoms with Crippen LogP contribution in [0.15, 0.2) is 80.8 Å². The van der Waals surface area contributed by atoms with Crippen molar-refractivity contribution in [1.29, 1.82) is 0 Å². The summed E-state index contributed by atoms with van der Waals surface area (Å²) in [5.41, 5.74) is 1.62. The van der Waals surface area contributed by atoms with E-state index >= 15 is 0 Å². The molecule has 5 nitrogen and oxygen atoms in total. The van der Waals surface area contributed by atoms with E-state index in [0.717, 1.165) is 26.5 Å². The van der Waals surface area contributed by atoms with Gasteiger partial charge in [-0.15, -0.1) is 10.2 Å². The topological polar surface area (TPSA) is 68.0 Å². The number of thioether (sulfide) groups is 1. The first kappa shape index (κ1) is 17.8. The zero-order chi connectivity index (χ0) is 18.6. The molecule has 1 heterocycles. The Morgan fingerprint density at radius 1 is 1.00 bits per heavy atom. The highest BCUT2D eigenvalue weighted by atomic mass is 79.9. The summed E-state index contributed by atoms with van der Waals surface area (Å²) in [6.07, 6.45) is 0. The Kier molecular flexibility index (Phi) is 5.22. The maximum absolute atomic E-state index is 12.1. The number of carbonyl (C=O) groups excluding carboxylic acids is 1. The Balaban J connectivity index is 1.43. The summed E-state index contributed by atoms with van der Waals surface area (Å²) < 4.78 is 6.71. The standard InChI is InChI=1S/C20H14BrN3O2S/c21-14-8-10-15(11-9-14)22-18(25)12-27-20-24-23-19(26-20)17-7-3-5-13-4-1-2-6-16(13)17/h1-11H,12H2,(H,22,25). The Morgan fingerprint density at radius 3 is 2.63 bits per heavy atom. The van der Waals surface area contributed by atoms with Gasteiger partial charge in [0.25, 0.3) is 5.22 Å². The molecule has 0 atom stereocenters. The van der Waals surface area contributed by atoms with Crippen LogP contribution in [0.3, 0.4) is 0 Å². The van der Waals surface area contributed by atoms with Gasteiger partial charge in [-0.05, 0) is 41.1 Å². The summed E-state index contributed by atoms with van der Waals surface area (Å²) >= 11 is 4.58. The molecule has 1 N–H and O–H groups in total. The van der Waals surface area contributed by atoms with Crippen LogP contribution in [0.5, 0.6) is 0 Å². The molecule has 0 aliphatic heterocycles. The van der Waals surface area contributed by atoms with E-state index in [2.05, 4.69) is 31.4 Å². The highest BCUT2D eigenvalue weighted by Gasteiger charge is 2.13. The number of rotatable bonds is 5. The van der Waals surface area contributed by atoms with Crippen molar-refractivity contribution >= 4 is 50.1 Å². The van der Waals surface area contributed by atoms with Crippen LogP contribution in [-0.2, 0) is 4.79 Å². The van der Waals surface area contributed by atoms with Crippen LogP contribution < -0.4 is 5.32 Å². The number of fused-ring (bicyclic) bond motifs is 1. The molecule has 0 aliphatic rings. The number of amides is 1. The molecule has 1 amide bonds. The quantitative estimate of drug-likeness (QED) is 0.422. The maximum atomic E-state index is 12.1. The lowest BCUT2D eigenvalue weighted by Crippen LogP contribution is -2.13. The van der Waals surface area contributed by atoms with Gasteiger partial charge in [0.15, 0.2) is 0 Å². The van der Waals surface area contributed by atoms with Crippen molar-refractivity contribution in [2.45, 2.75) is 5.22 Å². The SMILES string of the molecule is O=C(CSc1nnc(-c2cccc3ccccc23)o1)Nc1ccc(Br)cc1. The van der Waals surface area contributed by atoms with Gasteiger partial charge in [0.2, 0.25) is 11.8 Å². The molecule has 27 heavy (non-hydrogen) atoms. The first-order chi connectivity index (χ1) is 13.2. The van der Waals surface area contributed by atoms with Crippen LogP contribution in [0.2, 0.25) is 0 Å². The molecule has 0 spiro atoms. The van der Waals surface area contributed by atoms with Crippen LogP contribution in [0.1, 0.15) is 0 Å². The van der Waals surface area contributed by atoms with Crippen LogP contribution in [0.25, 0.3) is 22.2 Å². The van der Waals surface area contributed by atoms with Crippen LogP contribution in [0.4, 0.5) is 5.69 Å². The van der Waals surface area contributed by atoms with Crippen molar-refractivity contribution in [3.8, 4) is 11.5 Å². The number of carbonyl (C=O) groups is 1. The molecule has 0 saturated heterocycles. The van der Waals surface area contributed by atoms with Crippen molar-refractivity contribution in [3.63, 3.8) is 0 Å². The number of halogens is 1. The van der Waals surface area contributed by atoms with Crippen LogP contribution in [-0.4, -0.2) is 21.9 Å². The summed E-state index contributed by atoms with van der Waals surface area (Å²) in [4.78, 5) is 12.1. The normalized spacial score (nSPS) is 10.9. The fourth-order valence-electron chi connectivity index (χ4n) is 2.65. The van der Waals surface area contributed by atoms with E-state index in [4.69, 9.17) is 4.42 Å². The van der Waals surface area contributed by atoms with Crippen molar-refractivity contribution in [2.75, 3.05) is 11.1 Å². The molecule has 0 saturated carbocycles. The minimum Gasteiger partial charge on any atom is -0.411 e. The molecule has 0 aliphatic carbocycles. The summed E-state index contributed by atoms with van der Waals surface area (Å²) in [7, 11) is 0. The molecule has 0 bridgehead atoms. The minimum absolute atomic E-state index is 0.132. The molecule has 7 heteroatoms. The summed E-state index contributed by atoms with van der Waals surface area (Å²) in [6.45, 7) is 0. The highest BCUT2D eigenvalue weighted by molar-refractivity contribution is 9.10. The number of nitrogens with one attached hydrogen (secondary N) is 1. The van der Waals surface area contributed by atoms with Gasteiger partial charge in [-0.1, -0.05) is 64.1 Å². The van der Waals surface area contributed by atoms with Gasteiger partial charge in [0.05, 0.1) is 5.75 Å². The van der Waals surface area contributed by atoms with Crippen LogP contribution >= 0.6 is 27.7 Å². The third-order valence-electron chi connectivity index (χ3n) is 3.88. The molecular weight excluding hydrogens is 426 g/mol. The van der Waals surface area contributed by atoms with Gasteiger partial charge in [-0.3, -0.25) is 4.79 Å². The molecule has 0 fully saturated rings. The van der Waals surface area contributed by atoms with Crippen LogP contribution in [0, 0.1) is 0 Å². The molecule has 0 radical (unpaired) electrons. The zero-order valence-electron chi connectivity index (χ0n) is 14.1. The van der Waals surface area contributed by atoms with E-state index in [-0.39, 0.29) is 11.7 Å². The van der Waals surface area contributed by atoms with Gasteiger partial charge in [-0.2, -0.15) is 0 Å². The monoisotopic (exact) mass is 439 g/mol. The second-order valence-corrected chi connectivity index (χ2v) is 7.59. The number of aromatic nitrogens is 2. The van der Waals surface area contributed by atoms with E-state index in [0.29, 0.717) is 11.1 Å². The lowest BCUT2D eigenvalue weighted by molar-refractivity contribution is -0.113. The third kappa shape index (κ3) is 4.20. The first-order valence-electron chi connectivity index (χ1n) is 8.19. The maximum Gasteiger partial charge on any atom is 0.277 e. The molecule has 134 valence electrons. The lowest BCUT2D eigenvalue weighted by Gasteiger charge is -2.03. The minimum atomic E-state index is -0.132. The molecule has 4 rings (SSSR count). The fraction of sp³-hybridized carbons (Fsp3) is 0.0500. The van der Waals surface area contributed by atoms with E-state index in [9.17, 15) is 4.79 Å². The number of benzene rings is 3. The van der Waals surface area contributed by atoms with E-state index in [1.807, 2.05) is 66.7 Å². The number of hydrogen-bond acceptors (Lipinski definition) is 5. The molecule has 3 aromatic carbocycles. The first-order valence-corrected chi connectivity index (χ1v) is 9.97. The van der Waals surface area contributed by atoms with E-state index in [1.165, 1.54) is 11.8 Å². The van der Waals surface area contributed by atoms with Crippen molar-refractivity contribution in [1.82, 2.24) is 10.2 Å². The predicted molar refractivity (Wildman–Crippen MR) is 111 cm³/mol. The Hall–Kier alpha value is -2.64.